The highest BCUT2D eigenvalue weighted by atomic mass is 35.5. The monoisotopic (exact) mass is 475 g/mol. The minimum atomic E-state index is -0.371. The molecule has 33 heavy (non-hydrogen) atoms. The molecule has 8 nitrogen and oxygen atoms in total. The van der Waals surface area contributed by atoms with Crippen LogP contribution in [-0.2, 0) is 4.74 Å². The average molecular weight is 476 g/mol. The predicted octanol–water partition coefficient (Wildman–Crippen LogP) is 4.37. The third-order valence-corrected chi connectivity index (χ3v) is 5.47. The number of hydrogen-bond acceptors (Lipinski definition) is 7. The average Bonchev–Trinajstić information content (AvgIpc) is 3.22. The Labute approximate surface area is 198 Å². The van der Waals surface area contributed by atoms with E-state index in [2.05, 4.69) is 21.8 Å². The first kappa shape index (κ1) is 26.1. The van der Waals surface area contributed by atoms with Crippen LogP contribution in [-0.4, -0.2) is 60.7 Å². The number of halogens is 1. The van der Waals surface area contributed by atoms with E-state index in [9.17, 15) is 14.4 Å². The number of aromatic nitrogens is 2. The number of fused-ring (bicyclic) bond motifs is 1. The van der Waals surface area contributed by atoms with Gasteiger partial charge in [-0.15, -0.1) is 11.6 Å². The van der Waals surface area contributed by atoms with Crippen LogP contribution in [0.2, 0.25) is 0 Å². The molecule has 0 saturated carbocycles. The molecule has 0 unspecified atom stereocenters. The summed E-state index contributed by atoms with van der Waals surface area (Å²) < 4.78 is 10.1. The molecule has 178 valence electrons. The van der Waals surface area contributed by atoms with Gasteiger partial charge in [0.05, 0.1) is 25.5 Å². The summed E-state index contributed by atoms with van der Waals surface area (Å²) in [6, 6.07) is 5.30. The Bertz CT molecular complexity index is 1030. The van der Waals surface area contributed by atoms with E-state index in [0.29, 0.717) is 39.9 Å². The van der Waals surface area contributed by atoms with E-state index in [1.54, 1.807) is 40.0 Å². The number of hydrogen-bond donors (Lipinski definition) is 1. The van der Waals surface area contributed by atoms with Crippen LogP contribution in [0.15, 0.2) is 29.3 Å². The van der Waals surface area contributed by atoms with Gasteiger partial charge in [-0.3, -0.25) is 9.59 Å². The van der Waals surface area contributed by atoms with Crippen LogP contribution in [0.1, 0.15) is 64.4 Å². The fourth-order valence-electron chi connectivity index (χ4n) is 3.43. The number of methoxy groups -OCH3 is 2. The van der Waals surface area contributed by atoms with Gasteiger partial charge in [0.1, 0.15) is 23.0 Å². The zero-order valence-corrected chi connectivity index (χ0v) is 20.6. The third-order valence-electron chi connectivity index (χ3n) is 5.30. The molecular formula is C24H30ClN3O5. The number of nitrogens with one attached hydrogen (secondary N) is 1. The molecule has 0 fully saturated rings. The molecule has 1 aromatic carbocycles. The Morgan fingerprint density at radius 3 is 2.33 bits per heavy atom. The van der Waals surface area contributed by atoms with E-state index >= 15 is 0 Å². The number of allylic oxidation sites excluding steroid dienone is 2. The molecule has 1 N–H and O–H groups in total. The zero-order chi connectivity index (χ0) is 24.7. The highest BCUT2D eigenvalue weighted by molar-refractivity contribution is 6.25. The van der Waals surface area contributed by atoms with Gasteiger partial charge >= 0.3 is 5.97 Å². The van der Waals surface area contributed by atoms with Crippen LogP contribution >= 0.6 is 11.6 Å². The molecule has 9 heteroatoms. The van der Waals surface area contributed by atoms with Crippen LogP contribution in [0.5, 0.6) is 5.75 Å². The number of aryl methyl sites for hydroxylation is 1. The Morgan fingerprint density at radius 2 is 1.76 bits per heavy atom. The number of H-pyrrole nitrogens is 1. The van der Waals surface area contributed by atoms with Gasteiger partial charge in [-0.05, 0) is 45.4 Å². The van der Waals surface area contributed by atoms with Gasteiger partial charge in [-0.2, -0.15) is 0 Å². The molecule has 1 heterocycles. The maximum atomic E-state index is 11.7. The van der Waals surface area contributed by atoms with Crippen molar-refractivity contribution in [2.45, 2.75) is 34.1 Å². The van der Waals surface area contributed by atoms with Gasteiger partial charge in [0.25, 0.3) is 0 Å². The van der Waals surface area contributed by atoms with Crippen molar-refractivity contribution in [3.8, 4) is 5.75 Å². The first-order valence-electron chi connectivity index (χ1n) is 10.6. The number of benzene rings is 1. The molecule has 0 radical (unpaired) electrons. The lowest BCUT2D eigenvalue weighted by atomic mass is 9.92. The number of carbonyl (C=O) groups is 3. The molecule has 0 spiro atoms. The molecule has 1 aliphatic carbocycles. The summed E-state index contributed by atoms with van der Waals surface area (Å²) in [5.74, 6) is 1.14. The second-order valence-electron chi connectivity index (χ2n) is 7.51. The van der Waals surface area contributed by atoms with E-state index in [4.69, 9.17) is 21.1 Å². The summed E-state index contributed by atoms with van der Waals surface area (Å²) in [6.07, 6.45) is 1.01. The van der Waals surface area contributed by atoms with E-state index in [1.807, 2.05) is 6.07 Å². The standard InChI is InChI=1S/C14H20ClNO3.C10H10N2O2/c1-4-8-16(9-7-15)12-6-5-11(14(17)19-3)10-13(12)18-2;1-4-5(2)10(14)8-7(9(4)13)11-6(3)12-8/h5-6,10H,4,7-9H2,1-3H3;1-3H3,(H,11,12). The number of anilines is 1. The number of ketones is 2. The lowest BCUT2D eigenvalue weighted by molar-refractivity contribution is 0.0600. The zero-order valence-electron chi connectivity index (χ0n) is 19.9. The van der Waals surface area contributed by atoms with Gasteiger partial charge in [-0.1, -0.05) is 6.92 Å². The van der Waals surface area contributed by atoms with E-state index in [-0.39, 0.29) is 23.2 Å². The van der Waals surface area contributed by atoms with Crippen molar-refractivity contribution in [2.24, 2.45) is 0 Å². The fourth-order valence-corrected chi connectivity index (χ4v) is 3.64. The van der Waals surface area contributed by atoms with Gasteiger partial charge in [0.2, 0.25) is 11.6 Å². The normalized spacial score (nSPS) is 12.7. The van der Waals surface area contributed by atoms with Crippen LogP contribution in [0.4, 0.5) is 5.69 Å². The smallest absolute Gasteiger partial charge is 0.337 e. The fraction of sp³-hybridized carbons (Fsp3) is 0.417. The molecule has 0 bridgehead atoms. The maximum Gasteiger partial charge on any atom is 0.337 e. The summed E-state index contributed by atoms with van der Waals surface area (Å²) in [7, 11) is 2.95. The van der Waals surface area contributed by atoms with E-state index < -0.39 is 0 Å². The number of aromatic amines is 1. The van der Waals surface area contributed by atoms with Crippen molar-refractivity contribution >= 4 is 34.8 Å². The Kier molecular flexibility index (Phi) is 9.22. The second-order valence-corrected chi connectivity index (χ2v) is 7.89. The molecule has 0 aliphatic heterocycles. The minimum Gasteiger partial charge on any atom is -0.495 e. The van der Waals surface area contributed by atoms with Crippen molar-refractivity contribution in [3.63, 3.8) is 0 Å². The first-order valence-corrected chi connectivity index (χ1v) is 11.1. The number of ether oxygens (including phenoxy) is 2. The minimum absolute atomic E-state index is 0.127. The van der Waals surface area contributed by atoms with E-state index in [0.717, 1.165) is 25.2 Å². The predicted molar refractivity (Wildman–Crippen MR) is 128 cm³/mol. The third kappa shape index (κ3) is 5.82. The van der Waals surface area contributed by atoms with Gasteiger partial charge in [0.15, 0.2) is 0 Å². The van der Waals surface area contributed by atoms with Crippen molar-refractivity contribution in [3.05, 3.63) is 52.1 Å². The topological polar surface area (TPSA) is 102 Å². The Morgan fingerprint density at radius 1 is 1.09 bits per heavy atom. The number of alkyl halides is 1. The van der Waals surface area contributed by atoms with Gasteiger partial charge in [0, 0.05) is 30.1 Å². The number of esters is 1. The van der Waals surface area contributed by atoms with Crippen molar-refractivity contribution in [1.29, 1.82) is 0 Å². The first-order chi connectivity index (χ1) is 15.7. The molecule has 1 aromatic heterocycles. The van der Waals surface area contributed by atoms with Crippen LogP contribution in [0, 0.1) is 6.92 Å². The molecule has 0 atom stereocenters. The Balaban J connectivity index is 0.000000243. The number of Topliss-reactive ketones (excluding diaryl/α,β-unsaturated/α-hetero) is 2. The van der Waals surface area contributed by atoms with E-state index in [1.165, 1.54) is 7.11 Å². The molecule has 0 amide bonds. The summed E-state index contributed by atoms with van der Waals surface area (Å²) in [5.41, 5.74) is 3.01. The van der Waals surface area contributed by atoms with Crippen LogP contribution < -0.4 is 9.64 Å². The SMILES string of the molecule is CC1=C(C)C(=O)c2[nH]c(C)nc2C1=O.CCCN(CCCl)c1ccc(C(=O)OC)cc1OC. The molecule has 1 aliphatic rings. The highest BCUT2D eigenvalue weighted by Crippen LogP contribution is 2.30. The Hall–Kier alpha value is -3.13. The largest absolute Gasteiger partial charge is 0.495 e. The number of rotatable bonds is 7. The molecular weight excluding hydrogens is 446 g/mol. The quantitative estimate of drug-likeness (QED) is 0.468. The molecule has 3 rings (SSSR count). The number of carbonyl (C=O) groups excluding carboxylic acids is 3. The highest BCUT2D eigenvalue weighted by Gasteiger charge is 2.30. The summed E-state index contributed by atoms with van der Waals surface area (Å²) in [4.78, 5) is 43.9. The maximum absolute atomic E-state index is 11.7. The second kappa shape index (κ2) is 11.7. The van der Waals surface area contributed by atoms with Crippen molar-refractivity contribution in [2.75, 3.05) is 38.1 Å². The molecule has 2 aromatic rings. The van der Waals surface area contributed by atoms with Crippen LogP contribution in [0.25, 0.3) is 0 Å². The summed E-state index contributed by atoms with van der Waals surface area (Å²) in [6.45, 7) is 8.78. The van der Waals surface area contributed by atoms with Gasteiger partial charge < -0.3 is 19.4 Å². The van der Waals surface area contributed by atoms with Crippen LogP contribution in [0.3, 0.4) is 0 Å². The summed E-state index contributed by atoms with van der Waals surface area (Å²) >= 11 is 5.83. The van der Waals surface area contributed by atoms with Crippen molar-refractivity contribution < 1.29 is 23.9 Å². The lowest BCUT2D eigenvalue weighted by Crippen LogP contribution is -2.26. The van der Waals surface area contributed by atoms with Crippen molar-refractivity contribution in [1.82, 2.24) is 9.97 Å². The lowest BCUT2D eigenvalue weighted by Gasteiger charge is -2.25. The van der Waals surface area contributed by atoms with Gasteiger partial charge in [-0.25, -0.2) is 9.78 Å². The molecule has 0 saturated heterocycles. The summed E-state index contributed by atoms with van der Waals surface area (Å²) in [5, 5.41) is 0. The number of nitrogens with zero attached hydrogens (tertiary/aromatic N) is 2. The number of imidazole rings is 1.